The van der Waals surface area contributed by atoms with Crippen LogP contribution >= 0.6 is 11.6 Å². The molecular weight excluding hydrogens is 410 g/mol. The highest BCUT2D eigenvalue weighted by Crippen LogP contribution is 2.62. The Morgan fingerprint density at radius 1 is 1.10 bits per heavy atom. The molecule has 7 nitrogen and oxygen atoms in total. The average molecular weight is 434 g/mol. The second-order valence-corrected chi connectivity index (χ2v) is 7.25. The van der Waals surface area contributed by atoms with Gasteiger partial charge in [0, 0.05) is 5.92 Å². The van der Waals surface area contributed by atoms with E-state index >= 15 is 0 Å². The van der Waals surface area contributed by atoms with Crippen LogP contribution in [-0.4, -0.2) is 39.8 Å². The summed E-state index contributed by atoms with van der Waals surface area (Å²) in [6, 6.07) is 10.3. The number of halogens is 1. The lowest BCUT2D eigenvalue weighted by Crippen LogP contribution is -2.34. The zero-order chi connectivity index (χ0) is 21.9. The minimum absolute atomic E-state index is 0.169. The van der Waals surface area contributed by atoms with Crippen LogP contribution in [0, 0.1) is 5.41 Å². The van der Waals surface area contributed by atoms with Crippen molar-refractivity contribution in [2.45, 2.75) is 19.3 Å². The third kappa shape index (κ3) is 3.77. The first-order valence-electron chi connectivity index (χ1n) is 9.46. The number of carbonyl (C=O) groups is 2. The van der Waals surface area contributed by atoms with Crippen molar-refractivity contribution in [1.82, 2.24) is 0 Å². The molecule has 160 valence electrons. The fraction of sp³-hybridized carbons (Fsp3) is 0.364. The molecule has 1 N–H and O–H groups in total. The summed E-state index contributed by atoms with van der Waals surface area (Å²) in [5.74, 6) is -0.119. The van der Waals surface area contributed by atoms with Gasteiger partial charge in [0.15, 0.2) is 16.9 Å². The van der Waals surface area contributed by atoms with Crippen LogP contribution in [0.2, 0.25) is 5.02 Å². The topological polar surface area (TPSA) is 83.1 Å². The summed E-state index contributed by atoms with van der Waals surface area (Å²) in [6.45, 7) is 1.87. The quantitative estimate of drug-likeness (QED) is 0.499. The van der Waals surface area contributed by atoms with Crippen LogP contribution in [0.4, 0.5) is 5.69 Å². The van der Waals surface area contributed by atoms with Gasteiger partial charge in [-0.15, -0.1) is 0 Å². The van der Waals surface area contributed by atoms with E-state index in [0.717, 1.165) is 0 Å². The molecule has 1 amide bonds. The second kappa shape index (κ2) is 8.83. The summed E-state index contributed by atoms with van der Waals surface area (Å²) in [7, 11) is 4.53. The molecule has 0 aliphatic heterocycles. The van der Waals surface area contributed by atoms with Crippen molar-refractivity contribution in [2.75, 3.05) is 33.3 Å². The summed E-state index contributed by atoms with van der Waals surface area (Å²) in [5.41, 5.74) is -0.213. The first-order chi connectivity index (χ1) is 14.4. The molecule has 0 aromatic heterocycles. The van der Waals surface area contributed by atoms with Crippen molar-refractivity contribution in [3.63, 3.8) is 0 Å². The number of nitrogens with one attached hydrogen (secondary N) is 1. The Morgan fingerprint density at radius 3 is 2.27 bits per heavy atom. The van der Waals surface area contributed by atoms with Crippen molar-refractivity contribution in [3.8, 4) is 17.2 Å². The highest BCUT2D eigenvalue weighted by molar-refractivity contribution is 6.34. The first kappa shape index (κ1) is 21.8. The molecule has 0 spiro atoms. The van der Waals surface area contributed by atoms with E-state index in [4.69, 9.17) is 30.5 Å². The van der Waals surface area contributed by atoms with E-state index in [1.54, 1.807) is 43.3 Å². The lowest BCUT2D eigenvalue weighted by atomic mass is 9.97. The Bertz CT molecular complexity index is 937. The molecule has 0 saturated heterocycles. The van der Waals surface area contributed by atoms with Crippen molar-refractivity contribution >= 4 is 29.2 Å². The van der Waals surface area contributed by atoms with Crippen molar-refractivity contribution in [1.29, 1.82) is 0 Å². The summed E-state index contributed by atoms with van der Waals surface area (Å²) >= 11 is 6.17. The largest absolute Gasteiger partial charge is 0.493 e. The Morgan fingerprint density at radius 2 is 1.73 bits per heavy atom. The summed E-state index contributed by atoms with van der Waals surface area (Å²) in [6.07, 6.45) is 0.292. The molecule has 1 saturated carbocycles. The molecule has 0 unspecified atom stereocenters. The number of methoxy groups -OCH3 is 3. The predicted molar refractivity (Wildman–Crippen MR) is 113 cm³/mol. The van der Waals surface area contributed by atoms with E-state index in [-0.39, 0.29) is 6.61 Å². The number of anilines is 1. The maximum Gasteiger partial charge on any atom is 0.322 e. The Hall–Kier alpha value is -2.93. The number of benzene rings is 2. The lowest BCUT2D eigenvalue weighted by molar-refractivity contribution is -0.153. The molecular formula is C22H24ClNO6. The molecule has 1 aliphatic carbocycles. The third-order valence-corrected chi connectivity index (χ3v) is 5.55. The number of hydrogen-bond donors (Lipinski definition) is 1. The van der Waals surface area contributed by atoms with Gasteiger partial charge in [0.05, 0.1) is 38.6 Å². The van der Waals surface area contributed by atoms with Crippen LogP contribution in [0.5, 0.6) is 17.2 Å². The third-order valence-electron chi connectivity index (χ3n) is 5.22. The summed E-state index contributed by atoms with van der Waals surface area (Å²) in [4.78, 5) is 26.1. The maximum absolute atomic E-state index is 13.2. The Labute approximate surface area is 180 Å². The summed E-state index contributed by atoms with van der Waals surface area (Å²) in [5, 5.41) is 3.16. The number of para-hydroxylation sites is 1. The number of esters is 1. The van der Waals surface area contributed by atoms with Crippen LogP contribution in [-0.2, 0) is 14.3 Å². The van der Waals surface area contributed by atoms with E-state index in [2.05, 4.69) is 5.32 Å². The maximum atomic E-state index is 13.2. The fourth-order valence-corrected chi connectivity index (χ4v) is 3.78. The van der Waals surface area contributed by atoms with E-state index in [1.807, 2.05) is 0 Å². The minimum Gasteiger partial charge on any atom is -0.493 e. The highest BCUT2D eigenvalue weighted by Gasteiger charge is 2.67. The van der Waals surface area contributed by atoms with Gasteiger partial charge in [0.2, 0.25) is 11.7 Å². The molecule has 2 aromatic carbocycles. The molecule has 30 heavy (non-hydrogen) atoms. The van der Waals surface area contributed by atoms with Gasteiger partial charge >= 0.3 is 5.97 Å². The van der Waals surface area contributed by atoms with Crippen LogP contribution in [0.3, 0.4) is 0 Å². The van der Waals surface area contributed by atoms with E-state index < -0.39 is 23.2 Å². The van der Waals surface area contributed by atoms with Gasteiger partial charge in [-0.1, -0.05) is 23.7 Å². The number of carbonyl (C=O) groups excluding carboxylic acids is 2. The molecule has 3 rings (SSSR count). The van der Waals surface area contributed by atoms with Gasteiger partial charge in [-0.25, -0.2) is 0 Å². The molecule has 0 heterocycles. The van der Waals surface area contributed by atoms with Gasteiger partial charge < -0.3 is 24.3 Å². The minimum atomic E-state index is -1.36. The summed E-state index contributed by atoms with van der Waals surface area (Å²) < 4.78 is 21.4. The molecule has 1 fully saturated rings. The monoisotopic (exact) mass is 433 g/mol. The van der Waals surface area contributed by atoms with Crippen LogP contribution in [0.1, 0.15) is 24.8 Å². The lowest BCUT2D eigenvalue weighted by Gasteiger charge is -2.18. The molecule has 0 radical (unpaired) electrons. The zero-order valence-electron chi connectivity index (χ0n) is 17.3. The normalized spacial score (nSPS) is 19.6. The van der Waals surface area contributed by atoms with E-state index in [0.29, 0.717) is 39.9 Å². The van der Waals surface area contributed by atoms with Crippen LogP contribution in [0.15, 0.2) is 36.4 Å². The molecule has 2 aromatic rings. The smallest absolute Gasteiger partial charge is 0.322 e. The number of hydrogen-bond acceptors (Lipinski definition) is 6. The average Bonchev–Trinajstić information content (AvgIpc) is 3.51. The fourth-order valence-electron chi connectivity index (χ4n) is 3.59. The molecule has 1 aliphatic rings. The SMILES string of the molecule is CCOC(=O)[C@@]1(C(=O)Nc2ccccc2Cl)C[C@@H]1c1cc(OC)c(OC)c(OC)c1. The van der Waals surface area contributed by atoms with Crippen molar-refractivity contribution in [3.05, 3.63) is 47.0 Å². The van der Waals surface area contributed by atoms with Crippen molar-refractivity contribution < 1.29 is 28.5 Å². The number of rotatable bonds is 8. The van der Waals surface area contributed by atoms with Crippen molar-refractivity contribution in [2.24, 2.45) is 5.41 Å². The van der Waals surface area contributed by atoms with Gasteiger partial charge in [0.25, 0.3) is 0 Å². The molecule has 0 bridgehead atoms. The van der Waals surface area contributed by atoms with Gasteiger partial charge in [-0.05, 0) is 43.2 Å². The van der Waals surface area contributed by atoms with E-state index in [9.17, 15) is 9.59 Å². The number of amides is 1. The second-order valence-electron chi connectivity index (χ2n) is 6.84. The Kier molecular flexibility index (Phi) is 6.41. The van der Waals surface area contributed by atoms with Crippen LogP contribution in [0.25, 0.3) is 0 Å². The standard InChI is InChI=1S/C22H24ClNO6/c1-5-30-21(26)22(20(25)24-16-9-7-6-8-15(16)23)12-14(22)13-10-17(27-2)19(29-4)18(11-13)28-3/h6-11,14H,5,12H2,1-4H3,(H,24,25)/t14-,22+/m1/s1. The molecule has 2 atom stereocenters. The van der Waals surface area contributed by atoms with Gasteiger partial charge in [0.1, 0.15) is 0 Å². The van der Waals surface area contributed by atoms with Gasteiger partial charge in [-0.2, -0.15) is 0 Å². The Balaban J connectivity index is 1.99. The predicted octanol–water partition coefficient (Wildman–Crippen LogP) is 4.04. The number of ether oxygens (including phenoxy) is 4. The first-order valence-corrected chi connectivity index (χ1v) is 9.83. The zero-order valence-corrected chi connectivity index (χ0v) is 18.0. The van der Waals surface area contributed by atoms with Crippen LogP contribution < -0.4 is 19.5 Å². The van der Waals surface area contributed by atoms with E-state index in [1.165, 1.54) is 21.3 Å². The van der Waals surface area contributed by atoms with Gasteiger partial charge in [-0.3, -0.25) is 9.59 Å². The highest BCUT2D eigenvalue weighted by atomic mass is 35.5. The molecule has 8 heteroatoms.